The van der Waals surface area contributed by atoms with Gasteiger partial charge in [0.2, 0.25) is 0 Å². The maximum Gasteiger partial charge on any atom is 0.357 e. The molecule has 2 fully saturated rings. The molecule has 1 N–H and O–H groups in total. The smallest absolute Gasteiger partial charge is 0.357 e. The largest absolute Gasteiger partial charge is 0.396 e. The second kappa shape index (κ2) is 12.3. The average Bonchev–Trinajstić information content (AvgIpc) is 3.36. The van der Waals surface area contributed by atoms with Crippen LogP contribution in [0.5, 0.6) is 0 Å². The van der Waals surface area contributed by atoms with Gasteiger partial charge in [0, 0.05) is 20.3 Å². The molecule has 2 aliphatic rings. The van der Waals surface area contributed by atoms with Crippen LogP contribution < -0.4 is 0 Å². The molecule has 5 unspecified atom stereocenters. The summed E-state index contributed by atoms with van der Waals surface area (Å²) < 4.78 is 23.9. The number of carbonyl (C=O) groups is 1. The van der Waals surface area contributed by atoms with E-state index >= 15 is 0 Å². The van der Waals surface area contributed by atoms with Crippen LogP contribution in [-0.4, -0.2) is 66.8 Å². The molecule has 0 saturated carbocycles. The van der Waals surface area contributed by atoms with Crippen LogP contribution in [0.15, 0.2) is 60.7 Å². The lowest BCUT2D eigenvalue weighted by Gasteiger charge is -2.29. The van der Waals surface area contributed by atoms with Gasteiger partial charge in [0.1, 0.15) is 12.2 Å². The van der Waals surface area contributed by atoms with Gasteiger partial charge in [-0.25, -0.2) is 4.79 Å². The van der Waals surface area contributed by atoms with E-state index in [4.69, 9.17) is 23.8 Å². The topological polar surface area (TPSA) is 86.7 Å². The number of benzene rings is 2. The first-order valence-corrected chi connectivity index (χ1v) is 12.6. The number of nitrogens with zero attached hydrogens (tertiary/aromatic N) is 1. The standard InChI is InChI=1S/C28H37NO7/c1-28(2)34-24-23(33-27(32-3)25(24)35-28)17-21(13-10-16-30)19-29(18-20-11-6-4-7-12-20)36-26(31)22-14-8-5-9-15-22/h4-9,11-12,14-15,21,23-25,27,30H,10,13,16-19H2,1-3H3. The van der Waals surface area contributed by atoms with Crippen molar-refractivity contribution in [2.24, 2.45) is 5.92 Å². The summed E-state index contributed by atoms with van der Waals surface area (Å²) in [6.07, 6.45) is 0.720. The number of fused-ring (bicyclic) bond motifs is 1. The quantitative estimate of drug-likeness (QED) is 0.440. The zero-order valence-electron chi connectivity index (χ0n) is 21.2. The molecule has 2 saturated heterocycles. The molecule has 2 heterocycles. The van der Waals surface area contributed by atoms with E-state index in [1.54, 1.807) is 24.3 Å². The Balaban J connectivity index is 1.49. The number of hydrogen-bond donors (Lipinski definition) is 1. The highest BCUT2D eigenvalue weighted by atomic mass is 16.8. The molecule has 0 radical (unpaired) electrons. The number of aliphatic hydroxyl groups is 1. The molecule has 0 bridgehead atoms. The van der Waals surface area contributed by atoms with Gasteiger partial charge < -0.3 is 28.9 Å². The summed E-state index contributed by atoms with van der Waals surface area (Å²) in [5, 5.41) is 11.3. The van der Waals surface area contributed by atoms with Crippen LogP contribution in [0.3, 0.4) is 0 Å². The van der Waals surface area contributed by atoms with Crippen LogP contribution in [0, 0.1) is 5.92 Å². The second-order valence-electron chi connectivity index (χ2n) is 9.86. The average molecular weight is 500 g/mol. The Labute approximate surface area is 213 Å². The highest BCUT2D eigenvalue weighted by molar-refractivity contribution is 5.89. The monoisotopic (exact) mass is 499 g/mol. The number of rotatable bonds is 12. The predicted molar refractivity (Wildman–Crippen MR) is 133 cm³/mol. The Morgan fingerprint density at radius 3 is 2.39 bits per heavy atom. The molecule has 36 heavy (non-hydrogen) atoms. The first-order chi connectivity index (χ1) is 17.4. The first kappa shape index (κ1) is 26.7. The van der Waals surface area contributed by atoms with E-state index in [0.717, 1.165) is 12.0 Å². The molecule has 2 aliphatic heterocycles. The van der Waals surface area contributed by atoms with E-state index < -0.39 is 18.0 Å². The Morgan fingerprint density at radius 2 is 1.72 bits per heavy atom. The van der Waals surface area contributed by atoms with Gasteiger partial charge in [-0.05, 0) is 56.7 Å². The SMILES string of the molecule is COC1OC(CC(CCCO)CN(Cc2ccccc2)OC(=O)c2ccccc2)C2OC(C)(C)OC12. The highest BCUT2D eigenvalue weighted by Crippen LogP contribution is 2.41. The molecule has 5 atom stereocenters. The first-order valence-electron chi connectivity index (χ1n) is 12.6. The van der Waals surface area contributed by atoms with Crippen LogP contribution in [0.25, 0.3) is 0 Å². The van der Waals surface area contributed by atoms with Crippen molar-refractivity contribution in [2.75, 3.05) is 20.3 Å². The van der Waals surface area contributed by atoms with Crippen molar-refractivity contribution in [2.45, 2.75) is 70.0 Å². The van der Waals surface area contributed by atoms with E-state index in [1.165, 1.54) is 0 Å². The fraction of sp³-hybridized carbons (Fsp3) is 0.536. The number of aliphatic hydroxyl groups excluding tert-OH is 1. The highest BCUT2D eigenvalue weighted by Gasteiger charge is 2.55. The van der Waals surface area contributed by atoms with Crippen LogP contribution in [0.4, 0.5) is 0 Å². The van der Waals surface area contributed by atoms with E-state index in [2.05, 4.69) is 0 Å². The molecular weight excluding hydrogens is 462 g/mol. The molecule has 8 heteroatoms. The van der Waals surface area contributed by atoms with Crippen molar-refractivity contribution in [1.82, 2.24) is 5.06 Å². The maximum atomic E-state index is 12.9. The van der Waals surface area contributed by atoms with Crippen LogP contribution in [0.2, 0.25) is 0 Å². The van der Waals surface area contributed by atoms with Gasteiger partial charge >= 0.3 is 5.97 Å². The lowest BCUT2D eigenvalue weighted by atomic mass is 9.93. The van der Waals surface area contributed by atoms with Gasteiger partial charge in [0.25, 0.3) is 0 Å². The van der Waals surface area contributed by atoms with Gasteiger partial charge in [-0.1, -0.05) is 48.5 Å². The number of methoxy groups -OCH3 is 1. The normalized spacial score (nSPS) is 25.6. The maximum absolute atomic E-state index is 12.9. The fourth-order valence-electron chi connectivity index (χ4n) is 4.97. The van der Waals surface area contributed by atoms with Gasteiger partial charge in [-0.3, -0.25) is 0 Å². The Kier molecular flexibility index (Phi) is 9.11. The van der Waals surface area contributed by atoms with Gasteiger partial charge in [0.15, 0.2) is 12.1 Å². The van der Waals surface area contributed by atoms with E-state index in [-0.39, 0.29) is 30.8 Å². The van der Waals surface area contributed by atoms with Gasteiger partial charge in [-0.2, -0.15) is 0 Å². The molecule has 8 nitrogen and oxygen atoms in total. The molecular formula is C28H37NO7. The molecule has 2 aromatic rings. The lowest BCUT2D eigenvalue weighted by molar-refractivity contribution is -0.229. The summed E-state index contributed by atoms with van der Waals surface area (Å²) >= 11 is 0. The number of ether oxygens (including phenoxy) is 4. The third-order valence-electron chi connectivity index (χ3n) is 6.56. The number of carbonyl (C=O) groups excluding carboxylic acids is 1. The third kappa shape index (κ3) is 6.91. The van der Waals surface area contributed by atoms with E-state index in [9.17, 15) is 9.90 Å². The van der Waals surface area contributed by atoms with Crippen LogP contribution >= 0.6 is 0 Å². The molecule has 196 valence electrons. The van der Waals surface area contributed by atoms with Gasteiger partial charge in [-0.15, -0.1) is 5.06 Å². The van der Waals surface area contributed by atoms with Crippen molar-refractivity contribution in [3.63, 3.8) is 0 Å². The summed E-state index contributed by atoms with van der Waals surface area (Å²) in [7, 11) is 1.60. The minimum atomic E-state index is -0.709. The lowest BCUT2D eigenvalue weighted by Crippen LogP contribution is -2.36. The Morgan fingerprint density at radius 1 is 1.06 bits per heavy atom. The van der Waals surface area contributed by atoms with Crippen molar-refractivity contribution < 1.29 is 33.7 Å². The molecule has 0 aliphatic carbocycles. The molecule has 4 rings (SSSR count). The Bertz CT molecular complexity index is 955. The van der Waals surface area contributed by atoms with E-state index in [1.807, 2.05) is 62.4 Å². The minimum Gasteiger partial charge on any atom is -0.396 e. The molecule has 0 aromatic heterocycles. The zero-order valence-corrected chi connectivity index (χ0v) is 21.2. The van der Waals surface area contributed by atoms with Crippen LogP contribution in [-0.2, 0) is 30.3 Å². The molecule has 2 aromatic carbocycles. The second-order valence-corrected chi connectivity index (χ2v) is 9.86. The fourth-order valence-corrected chi connectivity index (χ4v) is 4.97. The summed E-state index contributed by atoms with van der Waals surface area (Å²) in [6.45, 7) is 4.79. The van der Waals surface area contributed by atoms with Crippen LogP contribution in [0.1, 0.15) is 49.0 Å². The molecule has 0 spiro atoms. The van der Waals surface area contributed by atoms with Gasteiger partial charge in [0.05, 0.1) is 18.2 Å². The predicted octanol–water partition coefficient (Wildman–Crippen LogP) is 3.93. The van der Waals surface area contributed by atoms with Crippen molar-refractivity contribution in [1.29, 1.82) is 0 Å². The minimum absolute atomic E-state index is 0.0676. The summed E-state index contributed by atoms with van der Waals surface area (Å²) in [6, 6.07) is 18.9. The third-order valence-corrected chi connectivity index (χ3v) is 6.56. The zero-order chi connectivity index (χ0) is 25.5. The summed E-state index contributed by atoms with van der Waals surface area (Å²) in [5.74, 6) is -1.05. The number of hydrogen-bond acceptors (Lipinski definition) is 8. The number of hydroxylamine groups is 2. The Hall–Kier alpha value is -2.33. The molecule has 0 amide bonds. The van der Waals surface area contributed by atoms with Crippen molar-refractivity contribution >= 4 is 5.97 Å². The van der Waals surface area contributed by atoms with E-state index in [0.29, 0.717) is 31.5 Å². The summed E-state index contributed by atoms with van der Waals surface area (Å²) in [5.41, 5.74) is 1.52. The summed E-state index contributed by atoms with van der Waals surface area (Å²) in [4.78, 5) is 18.8. The van der Waals surface area contributed by atoms with Crippen molar-refractivity contribution in [3.8, 4) is 0 Å². The van der Waals surface area contributed by atoms with Crippen molar-refractivity contribution in [3.05, 3.63) is 71.8 Å².